The summed E-state index contributed by atoms with van der Waals surface area (Å²) in [5.74, 6) is -0.903. The first kappa shape index (κ1) is 21.2. The predicted octanol–water partition coefficient (Wildman–Crippen LogP) is 3.04. The van der Waals surface area contributed by atoms with E-state index in [1.54, 1.807) is 17.0 Å². The summed E-state index contributed by atoms with van der Waals surface area (Å²) in [5.41, 5.74) is 2.46. The smallest absolute Gasteiger partial charge is 0.295 e. The molecule has 0 aromatic heterocycles. The first-order valence-electron chi connectivity index (χ1n) is 10.2. The lowest BCUT2D eigenvalue weighted by Gasteiger charge is -2.35. The summed E-state index contributed by atoms with van der Waals surface area (Å²) < 4.78 is 0. The van der Waals surface area contributed by atoms with Crippen molar-refractivity contribution in [3.8, 4) is 0 Å². The molecule has 1 amide bonds. The molecule has 154 valence electrons. The molecule has 1 heterocycles. The minimum absolute atomic E-state index is 0.00618. The molecule has 0 saturated carbocycles. The van der Waals surface area contributed by atoms with Crippen molar-refractivity contribution in [2.24, 2.45) is 0 Å². The maximum absolute atomic E-state index is 12.6. The Bertz CT molecular complexity index is 833. The first-order chi connectivity index (χ1) is 13.8. The topological polar surface area (TPSA) is 60.9 Å². The molecule has 0 bridgehead atoms. The van der Waals surface area contributed by atoms with E-state index in [-0.39, 0.29) is 5.41 Å². The lowest BCUT2D eigenvalue weighted by atomic mass is 9.86. The average molecular weight is 395 g/mol. The molecule has 1 unspecified atom stereocenters. The Kier molecular flexibility index (Phi) is 6.50. The van der Waals surface area contributed by atoms with Crippen LogP contribution in [0.5, 0.6) is 0 Å². The molecule has 5 nitrogen and oxygen atoms in total. The predicted molar refractivity (Wildman–Crippen MR) is 114 cm³/mol. The van der Waals surface area contributed by atoms with Gasteiger partial charge in [0.15, 0.2) is 0 Å². The van der Waals surface area contributed by atoms with Crippen molar-refractivity contribution >= 4 is 11.7 Å². The van der Waals surface area contributed by atoms with Gasteiger partial charge in [-0.05, 0) is 16.5 Å². The fourth-order valence-corrected chi connectivity index (χ4v) is 3.55. The average Bonchev–Trinajstić information content (AvgIpc) is 2.73. The fraction of sp³-hybridized carbons (Fsp3) is 0.417. The molecule has 3 rings (SSSR count). The minimum Gasteiger partial charge on any atom is -0.387 e. The van der Waals surface area contributed by atoms with Gasteiger partial charge in [-0.1, -0.05) is 75.4 Å². The van der Waals surface area contributed by atoms with E-state index in [9.17, 15) is 14.7 Å². The van der Waals surface area contributed by atoms with Crippen LogP contribution in [0.2, 0.25) is 0 Å². The van der Waals surface area contributed by atoms with Crippen LogP contribution in [0.15, 0.2) is 54.6 Å². The Hall–Kier alpha value is -2.50. The second-order valence-corrected chi connectivity index (χ2v) is 8.68. The number of carbonyl (C=O) groups excluding carboxylic acids is 2. The lowest BCUT2D eigenvalue weighted by molar-refractivity contribution is -0.128. The normalized spacial score (nSPS) is 16.5. The molecule has 1 fully saturated rings. The van der Waals surface area contributed by atoms with Crippen LogP contribution in [0.25, 0.3) is 0 Å². The van der Waals surface area contributed by atoms with Crippen molar-refractivity contribution in [1.29, 1.82) is 0 Å². The quantitative estimate of drug-likeness (QED) is 0.626. The second-order valence-electron chi connectivity index (χ2n) is 8.68. The Morgan fingerprint density at radius 1 is 0.931 bits per heavy atom. The lowest BCUT2D eigenvalue weighted by Crippen LogP contribution is -2.51. The van der Waals surface area contributed by atoms with Gasteiger partial charge < -0.3 is 10.0 Å². The van der Waals surface area contributed by atoms with Gasteiger partial charge in [-0.3, -0.25) is 14.5 Å². The van der Waals surface area contributed by atoms with E-state index in [2.05, 4.69) is 25.7 Å². The van der Waals surface area contributed by atoms with Gasteiger partial charge in [-0.25, -0.2) is 0 Å². The molecule has 0 spiro atoms. The van der Waals surface area contributed by atoms with E-state index < -0.39 is 17.8 Å². The number of rotatable bonds is 5. The Morgan fingerprint density at radius 3 is 2.07 bits per heavy atom. The number of aliphatic hydroxyl groups excluding tert-OH is 1. The number of aliphatic hydroxyl groups is 1. The fourth-order valence-electron chi connectivity index (χ4n) is 3.55. The number of amides is 1. The third-order valence-electron chi connectivity index (χ3n) is 5.48. The number of piperazine rings is 1. The standard InChI is InChI=1S/C24H30N2O3/c1-24(2,3)20-11-9-19(10-12-20)22(28)23(29)26-15-13-25(14-16-26)17-21(27)18-7-5-4-6-8-18/h4-12,21,27H,13-17H2,1-3H3. The Morgan fingerprint density at radius 2 is 1.52 bits per heavy atom. The van der Waals surface area contributed by atoms with E-state index in [1.165, 1.54) is 0 Å². The van der Waals surface area contributed by atoms with Gasteiger partial charge in [0.25, 0.3) is 5.91 Å². The molecule has 0 radical (unpaired) electrons. The second kappa shape index (κ2) is 8.89. The van der Waals surface area contributed by atoms with Crippen LogP contribution in [0.3, 0.4) is 0 Å². The summed E-state index contributed by atoms with van der Waals surface area (Å²) >= 11 is 0. The number of β-amino-alcohol motifs (C(OH)–C–C–N with tert-alkyl or cyclic N) is 1. The highest BCUT2D eigenvalue weighted by atomic mass is 16.3. The maximum atomic E-state index is 12.6. The van der Waals surface area contributed by atoms with Gasteiger partial charge in [0.1, 0.15) is 0 Å². The number of Topliss-reactive ketones (excluding diaryl/α,β-unsaturated/α-hetero) is 1. The third kappa shape index (κ3) is 5.31. The van der Waals surface area contributed by atoms with Gasteiger partial charge in [0, 0.05) is 38.3 Å². The van der Waals surface area contributed by atoms with Crippen LogP contribution in [-0.2, 0) is 10.2 Å². The molecule has 2 aromatic rings. The molecule has 0 aliphatic carbocycles. The van der Waals surface area contributed by atoms with Crippen LogP contribution in [0.4, 0.5) is 0 Å². The molecule has 2 aromatic carbocycles. The summed E-state index contributed by atoms with van der Waals surface area (Å²) in [4.78, 5) is 29.0. The summed E-state index contributed by atoms with van der Waals surface area (Å²) in [7, 11) is 0. The molecule has 1 aliphatic rings. The van der Waals surface area contributed by atoms with Crippen LogP contribution < -0.4 is 0 Å². The van der Waals surface area contributed by atoms with Gasteiger partial charge in [0.05, 0.1) is 6.10 Å². The van der Waals surface area contributed by atoms with E-state index in [4.69, 9.17) is 0 Å². The van der Waals surface area contributed by atoms with E-state index in [0.29, 0.717) is 38.3 Å². The van der Waals surface area contributed by atoms with Crippen LogP contribution in [-0.4, -0.2) is 59.3 Å². The highest BCUT2D eigenvalue weighted by molar-refractivity contribution is 6.42. The van der Waals surface area contributed by atoms with E-state index in [1.807, 2.05) is 42.5 Å². The number of benzene rings is 2. The first-order valence-corrected chi connectivity index (χ1v) is 10.2. The summed E-state index contributed by atoms with van der Waals surface area (Å²) in [5, 5.41) is 10.4. The zero-order valence-electron chi connectivity index (χ0n) is 17.5. The zero-order chi connectivity index (χ0) is 21.0. The van der Waals surface area contributed by atoms with Crippen molar-refractivity contribution in [1.82, 2.24) is 9.80 Å². The van der Waals surface area contributed by atoms with Gasteiger partial charge >= 0.3 is 0 Å². The van der Waals surface area contributed by atoms with Crippen molar-refractivity contribution in [2.75, 3.05) is 32.7 Å². The van der Waals surface area contributed by atoms with E-state index in [0.717, 1.165) is 11.1 Å². The molecule has 1 aliphatic heterocycles. The van der Waals surface area contributed by atoms with Crippen LogP contribution >= 0.6 is 0 Å². The number of ketones is 1. The molecular formula is C24H30N2O3. The largest absolute Gasteiger partial charge is 0.387 e. The van der Waals surface area contributed by atoms with Crippen molar-refractivity contribution < 1.29 is 14.7 Å². The summed E-state index contributed by atoms with van der Waals surface area (Å²) in [6, 6.07) is 16.9. The summed E-state index contributed by atoms with van der Waals surface area (Å²) in [6.45, 7) is 9.14. The van der Waals surface area contributed by atoms with Crippen molar-refractivity contribution in [2.45, 2.75) is 32.3 Å². The highest BCUT2D eigenvalue weighted by Gasteiger charge is 2.28. The van der Waals surface area contributed by atoms with Crippen LogP contribution in [0, 0.1) is 0 Å². The molecule has 5 heteroatoms. The Balaban J connectivity index is 1.53. The monoisotopic (exact) mass is 394 g/mol. The number of nitrogens with zero attached hydrogens (tertiary/aromatic N) is 2. The molecule has 1 N–H and O–H groups in total. The number of carbonyl (C=O) groups is 2. The van der Waals surface area contributed by atoms with Gasteiger partial charge in [-0.2, -0.15) is 0 Å². The Labute approximate surface area is 172 Å². The van der Waals surface area contributed by atoms with E-state index >= 15 is 0 Å². The van der Waals surface area contributed by atoms with Crippen molar-refractivity contribution in [3.05, 3.63) is 71.3 Å². The molecule has 1 atom stereocenters. The molecular weight excluding hydrogens is 364 g/mol. The molecule has 29 heavy (non-hydrogen) atoms. The van der Waals surface area contributed by atoms with Crippen LogP contribution in [0.1, 0.15) is 48.4 Å². The van der Waals surface area contributed by atoms with Gasteiger partial charge in [-0.15, -0.1) is 0 Å². The number of hydrogen-bond acceptors (Lipinski definition) is 4. The van der Waals surface area contributed by atoms with Gasteiger partial charge in [0.2, 0.25) is 5.78 Å². The SMILES string of the molecule is CC(C)(C)c1ccc(C(=O)C(=O)N2CCN(CC(O)c3ccccc3)CC2)cc1. The molecule has 1 saturated heterocycles. The third-order valence-corrected chi connectivity index (χ3v) is 5.48. The highest BCUT2D eigenvalue weighted by Crippen LogP contribution is 2.22. The summed E-state index contributed by atoms with van der Waals surface area (Å²) in [6.07, 6.45) is -0.554. The van der Waals surface area contributed by atoms with Crippen molar-refractivity contribution in [3.63, 3.8) is 0 Å². The number of hydrogen-bond donors (Lipinski definition) is 1. The minimum atomic E-state index is -0.554. The zero-order valence-corrected chi connectivity index (χ0v) is 17.5. The maximum Gasteiger partial charge on any atom is 0.295 e.